The Morgan fingerprint density at radius 1 is 1.00 bits per heavy atom. The molecule has 0 aliphatic heterocycles. The summed E-state index contributed by atoms with van der Waals surface area (Å²) in [6, 6.07) is 5.68. The van der Waals surface area contributed by atoms with Gasteiger partial charge in [0.2, 0.25) is 6.54 Å². The Kier molecular flexibility index (Phi) is 6.29. The molecule has 0 spiro atoms. The summed E-state index contributed by atoms with van der Waals surface area (Å²) < 4.78 is 14.7. The lowest BCUT2D eigenvalue weighted by Crippen LogP contribution is -2.47. The van der Waals surface area contributed by atoms with Gasteiger partial charge in [-0.1, -0.05) is 12.1 Å². The number of carbonyl (C=O) groups excluding carboxylic acids is 3. The zero-order chi connectivity index (χ0) is 19.3. The van der Waals surface area contributed by atoms with Gasteiger partial charge in [-0.05, 0) is 38.5 Å². The highest BCUT2D eigenvalue weighted by molar-refractivity contribution is 6.07. The normalized spacial score (nSPS) is 11.2. The largest absolute Gasteiger partial charge is 0.468 e. The van der Waals surface area contributed by atoms with E-state index >= 15 is 0 Å². The van der Waals surface area contributed by atoms with E-state index in [1.54, 1.807) is 20.8 Å². The standard InChI is InChI=1S/C18H21NO6/c1-17(2,3)25-14(20)12-7-9-13(10-8-12)18(11-19-4,15(21)23-5)16(22)24-6/h7-10H,11H2,1-3,5-6H3. The van der Waals surface area contributed by atoms with Crippen molar-refractivity contribution in [2.45, 2.75) is 31.8 Å². The van der Waals surface area contributed by atoms with Crippen molar-refractivity contribution >= 4 is 17.9 Å². The molecule has 0 aliphatic carbocycles. The van der Waals surface area contributed by atoms with Gasteiger partial charge < -0.3 is 19.1 Å². The molecule has 0 radical (unpaired) electrons. The van der Waals surface area contributed by atoms with Crippen LogP contribution in [-0.2, 0) is 29.2 Å². The van der Waals surface area contributed by atoms with Crippen LogP contribution in [0.1, 0.15) is 36.7 Å². The van der Waals surface area contributed by atoms with Gasteiger partial charge in [0.15, 0.2) is 0 Å². The van der Waals surface area contributed by atoms with Gasteiger partial charge in [0.1, 0.15) is 5.60 Å². The van der Waals surface area contributed by atoms with Crippen LogP contribution in [0.4, 0.5) is 0 Å². The van der Waals surface area contributed by atoms with Gasteiger partial charge in [-0.25, -0.2) is 11.4 Å². The number of nitrogens with zero attached hydrogens (tertiary/aromatic N) is 1. The SMILES string of the molecule is [C-]#[N+]CC(C(=O)OC)(C(=O)OC)c1ccc(C(=O)OC(C)(C)C)cc1. The fourth-order valence-corrected chi connectivity index (χ4v) is 2.23. The lowest BCUT2D eigenvalue weighted by atomic mass is 9.80. The van der Waals surface area contributed by atoms with Crippen molar-refractivity contribution in [2.24, 2.45) is 0 Å². The first-order valence-electron chi connectivity index (χ1n) is 7.46. The first-order valence-corrected chi connectivity index (χ1v) is 7.46. The zero-order valence-electron chi connectivity index (χ0n) is 14.9. The highest BCUT2D eigenvalue weighted by Gasteiger charge is 2.54. The topological polar surface area (TPSA) is 83.3 Å². The van der Waals surface area contributed by atoms with E-state index in [1.165, 1.54) is 24.3 Å². The predicted octanol–water partition coefficient (Wildman–Crippen LogP) is 2.14. The fourth-order valence-electron chi connectivity index (χ4n) is 2.23. The summed E-state index contributed by atoms with van der Waals surface area (Å²) in [5.41, 5.74) is -2.10. The average Bonchev–Trinajstić information content (AvgIpc) is 2.57. The van der Waals surface area contributed by atoms with E-state index < -0.39 is 35.5 Å². The Labute approximate surface area is 146 Å². The fraction of sp³-hybridized carbons (Fsp3) is 0.444. The summed E-state index contributed by atoms with van der Waals surface area (Å²) in [6.07, 6.45) is 0. The number of carbonyl (C=O) groups is 3. The van der Waals surface area contributed by atoms with E-state index in [2.05, 4.69) is 4.85 Å². The third-order valence-electron chi connectivity index (χ3n) is 3.40. The molecule has 7 nitrogen and oxygen atoms in total. The van der Waals surface area contributed by atoms with E-state index in [1.807, 2.05) is 0 Å². The maximum absolute atomic E-state index is 12.3. The summed E-state index contributed by atoms with van der Waals surface area (Å²) in [6.45, 7) is 11.8. The van der Waals surface area contributed by atoms with Crippen LogP contribution < -0.4 is 0 Å². The maximum atomic E-state index is 12.3. The molecule has 1 aromatic carbocycles. The number of rotatable bonds is 5. The van der Waals surface area contributed by atoms with Crippen LogP contribution in [-0.4, -0.2) is 44.3 Å². The van der Waals surface area contributed by atoms with Crippen LogP contribution >= 0.6 is 0 Å². The summed E-state index contributed by atoms with van der Waals surface area (Å²) in [5.74, 6) is -2.34. The van der Waals surface area contributed by atoms with Gasteiger partial charge in [0, 0.05) is 0 Å². The molecule has 134 valence electrons. The minimum Gasteiger partial charge on any atom is -0.468 e. The third-order valence-corrected chi connectivity index (χ3v) is 3.40. The molecule has 1 rings (SSSR count). The monoisotopic (exact) mass is 347 g/mol. The number of hydrogen-bond acceptors (Lipinski definition) is 6. The second-order valence-electron chi connectivity index (χ2n) is 6.28. The molecule has 0 aliphatic rings. The van der Waals surface area contributed by atoms with E-state index in [4.69, 9.17) is 20.8 Å². The Morgan fingerprint density at radius 3 is 1.84 bits per heavy atom. The Morgan fingerprint density at radius 2 is 1.48 bits per heavy atom. The van der Waals surface area contributed by atoms with Crippen LogP contribution in [0.15, 0.2) is 24.3 Å². The molecule has 0 atom stereocenters. The number of esters is 3. The number of hydrogen-bond donors (Lipinski definition) is 0. The number of benzene rings is 1. The van der Waals surface area contributed by atoms with Crippen LogP contribution in [0.3, 0.4) is 0 Å². The highest BCUT2D eigenvalue weighted by Crippen LogP contribution is 2.29. The highest BCUT2D eigenvalue weighted by atomic mass is 16.6. The van der Waals surface area contributed by atoms with Crippen molar-refractivity contribution in [1.82, 2.24) is 0 Å². The van der Waals surface area contributed by atoms with E-state index in [9.17, 15) is 14.4 Å². The van der Waals surface area contributed by atoms with Gasteiger partial charge in [0.25, 0.3) is 5.41 Å². The van der Waals surface area contributed by atoms with Crippen molar-refractivity contribution in [1.29, 1.82) is 0 Å². The summed E-state index contributed by atoms with van der Waals surface area (Å²) >= 11 is 0. The second kappa shape index (κ2) is 7.79. The summed E-state index contributed by atoms with van der Waals surface area (Å²) in [7, 11) is 2.25. The van der Waals surface area contributed by atoms with Crippen molar-refractivity contribution in [3.8, 4) is 0 Å². The van der Waals surface area contributed by atoms with Gasteiger partial charge >= 0.3 is 17.9 Å². The number of ether oxygens (including phenoxy) is 3. The molecule has 0 saturated heterocycles. The Bertz CT molecular complexity index is 678. The molecule has 0 bridgehead atoms. The molecule has 25 heavy (non-hydrogen) atoms. The van der Waals surface area contributed by atoms with Gasteiger partial charge in [0.05, 0.1) is 19.8 Å². The van der Waals surface area contributed by atoms with Crippen LogP contribution in [0.25, 0.3) is 4.85 Å². The molecule has 0 fully saturated rings. The maximum Gasteiger partial charge on any atom is 0.338 e. The molecular weight excluding hydrogens is 326 g/mol. The molecule has 0 heterocycles. The van der Waals surface area contributed by atoms with Crippen molar-refractivity contribution in [2.75, 3.05) is 20.8 Å². The number of methoxy groups -OCH3 is 2. The molecule has 0 N–H and O–H groups in total. The molecule has 0 amide bonds. The zero-order valence-corrected chi connectivity index (χ0v) is 14.9. The van der Waals surface area contributed by atoms with Gasteiger partial charge in [-0.15, -0.1) is 0 Å². The van der Waals surface area contributed by atoms with Crippen molar-refractivity contribution in [3.63, 3.8) is 0 Å². The van der Waals surface area contributed by atoms with Gasteiger partial charge in [-0.2, -0.15) is 0 Å². The van der Waals surface area contributed by atoms with Gasteiger partial charge in [-0.3, -0.25) is 9.59 Å². The van der Waals surface area contributed by atoms with Crippen LogP contribution in [0.2, 0.25) is 0 Å². The first kappa shape index (κ1) is 20.2. The Hall–Kier alpha value is -2.88. The minimum absolute atomic E-state index is 0.203. The predicted molar refractivity (Wildman–Crippen MR) is 88.8 cm³/mol. The lowest BCUT2D eigenvalue weighted by Gasteiger charge is -2.24. The molecule has 0 saturated carbocycles. The minimum atomic E-state index is -1.91. The average molecular weight is 347 g/mol. The van der Waals surface area contributed by atoms with E-state index in [-0.39, 0.29) is 11.1 Å². The van der Waals surface area contributed by atoms with Crippen molar-refractivity contribution in [3.05, 3.63) is 46.8 Å². The quantitative estimate of drug-likeness (QED) is 0.351. The Balaban J connectivity index is 3.34. The summed E-state index contributed by atoms with van der Waals surface area (Å²) in [5, 5.41) is 0. The molecule has 7 heteroatoms. The lowest BCUT2D eigenvalue weighted by molar-refractivity contribution is -0.161. The molecular formula is C18H21NO6. The molecule has 0 unspecified atom stereocenters. The smallest absolute Gasteiger partial charge is 0.338 e. The van der Waals surface area contributed by atoms with E-state index in [0.717, 1.165) is 14.2 Å². The second-order valence-corrected chi connectivity index (χ2v) is 6.28. The summed E-state index contributed by atoms with van der Waals surface area (Å²) in [4.78, 5) is 39.8. The van der Waals surface area contributed by atoms with Crippen LogP contribution in [0, 0.1) is 6.57 Å². The van der Waals surface area contributed by atoms with Crippen molar-refractivity contribution < 1.29 is 28.6 Å². The van der Waals surface area contributed by atoms with E-state index in [0.29, 0.717) is 0 Å². The van der Waals surface area contributed by atoms with Crippen LogP contribution in [0.5, 0.6) is 0 Å². The molecule has 0 aromatic heterocycles. The third kappa shape index (κ3) is 4.35. The molecule has 1 aromatic rings. The first-order chi connectivity index (χ1) is 11.6.